The molecule has 0 saturated heterocycles. The number of hydrogen-bond donors (Lipinski definition) is 1. The lowest BCUT2D eigenvalue weighted by atomic mass is 9.87. The fraction of sp³-hybridized carbons (Fsp3) is 0.344. The van der Waals surface area contributed by atoms with E-state index >= 15 is 0 Å². The summed E-state index contributed by atoms with van der Waals surface area (Å²) in [5.41, 5.74) is 11.0. The number of benzene rings is 2. The molecule has 7 heteroatoms. The first kappa shape index (κ1) is 30.0. The average Bonchev–Trinajstić information content (AvgIpc) is 3.37. The summed E-state index contributed by atoms with van der Waals surface area (Å²) in [4.78, 5) is 26.2. The van der Waals surface area contributed by atoms with Gasteiger partial charge in [-0.1, -0.05) is 48.9 Å². The molecule has 2 aromatic carbocycles. The predicted octanol–water partition coefficient (Wildman–Crippen LogP) is 6.86. The standard InChI is InChI=1S/C27H30N2O3S.C5H8O/c1-4-31-27(30)20(3)14-19(2)15-23-18-33-26(29-23)25(28)16-21-10-12-24(13-11-21)32-17-22-8-6-5-7-9-22;6-4-5-2-1-3-5/h5-15,18,25H,4,16-17,28H2,1-3H3;4-5H,1-3H2/b19-15+,20-14-;. The van der Waals surface area contributed by atoms with Crippen LogP contribution >= 0.6 is 11.3 Å². The van der Waals surface area contributed by atoms with Gasteiger partial charge < -0.3 is 20.0 Å². The lowest BCUT2D eigenvalue weighted by molar-refractivity contribution is -0.138. The van der Waals surface area contributed by atoms with Crippen LogP contribution in [-0.4, -0.2) is 23.8 Å². The normalized spacial score (nSPS) is 14.5. The molecule has 6 nitrogen and oxygen atoms in total. The number of nitrogens with zero attached hydrogens (tertiary/aromatic N) is 1. The van der Waals surface area contributed by atoms with E-state index < -0.39 is 0 Å². The lowest BCUT2D eigenvalue weighted by Crippen LogP contribution is -2.13. The van der Waals surface area contributed by atoms with E-state index in [2.05, 4.69) is 4.98 Å². The van der Waals surface area contributed by atoms with Crippen LogP contribution in [0.1, 0.15) is 67.9 Å². The highest BCUT2D eigenvalue weighted by Crippen LogP contribution is 2.24. The Morgan fingerprint density at radius 2 is 1.82 bits per heavy atom. The van der Waals surface area contributed by atoms with E-state index in [0.717, 1.165) is 52.3 Å². The SMILES string of the molecule is CCOC(=O)/C(C)=C\C(C)=C\c1csc(C(N)Cc2ccc(OCc3ccccc3)cc2)n1.O=CC1CCC1. The lowest BCUT2D eigenvalue weighted by Gasteiger charge is -2.17. The van der Waals surface area contributed by atoms with E-state index in [1.165, 1.54) is 6.42 Å². The molecule has 1 fully saturated rings. The topological polar surface area (TPSA) is 91.5 Å². The molecule has 2 N–H and O–H groups in total. The Morgan fingerprint density at radius 1 is 1.10 bits per heavy atom. The molecule has 1 atom stereocenters. The number of thiazole rings is 1. The van der Waals surface area contributed by atoms with Gasteiger partial charge in [0.1, 0.15) is 23.7 Å². The maximum atomic E-state index is 11.8. The second kappa shape index (κ2) is 15.8. The molecule has 4 rings (SSSR count). The molecule has 3 aromatic rings. The third-order valence-electron chi connectivity index (χ3n) is 6.24. The van der Waals surface area contributed by atoms with Crippen LogP contribution in [0.3, 0.4) is 0 Å². The summed E-state index contributed by atoms with van der Waals surface area (Å²) >= 11 is 1.54. The van der Waals surface area contributed by atoms with Crippen molar-refractivity contribution in [1.29, 1.82) is 0 Å². The average molecular weight is 547 g/mol. The summed E-state index contributed by atoms with van der Waals surface area (Å²) in [6.07, 6.45) is 9.04. The molecule has 1 aromatic heterocycles. The number of ether oxygens (including phenoxy) is 2. The number of nitrogens with two attached hydrogens (primary N) is 1. The van der Waals surface area contributed by atoms with Crippen LogP contribution in [0.15, 0.2) is 77.2 Å². The van der Waals surface area contributed by atoms with Crippen LogP contribution in [-0.2, 0) is 27.4 Å². The molecule has 1 heterocycles. The predicted molar refractivity (Wildman–Crippen MR) is 157 cm³/mol. The minimum Gasteiger partial charge on any atom is -0.489 e. The van der Waals surface area contributed by atoms with Gasteiger partial charge in [-0.15, -0.1) is 11.3 Å². The van der Waals surface area contributed by atoms with Gasteiger partial charge in [0.2, 0.25) is 0 Å². The summed E-state index contributed by atoms with van der Waals surface area (Å²) < 4.78 is 10.9. The largest absolute Gasteiger partial charge is 0.489 e. The zero-order valence-corrected chi connectivity index (χ0v) is 23.8. The van der Waals surface area contributed by atoms with Gasteiger partial charge in [-0.05, 0) is 81.0 Å². The summed E-state index contributed by atoms with van der Waals surface area (Å²) in [5.74, 6) is 0.965. The number of hydrogen-bond acceptors (Lipinski definition) is 7. The van der Waals surface area contributed by atoms with E-state index in [-0.39, 0.29) is 12.0 Å². The number of carbonyl (C=O) groups is 2. The summed E-state index contributed by atoms with van der Waals surface area (Å²) in [5, 5.41) is 2.86. The number of carbonyl (C=O) groups excluding carboxylic acids is 2. The number of rotatable bonds is 11. The van der Waals surface area contributed by atoms with Crippen LogP contribution in [0.25, 0.3) is 6.08 Å². The van der Waals surface area contributed by atoms with E-state index in [9.17, 15) is 9.59 Å². The van der Waals surface area contributed by atoms with E-state index in [1.807, 2.05) is 73.0 Å². The summed E-state index contributed by atoms with van der Waals surface area (Å²) in [7, 11) is 0. The molecule has 0 aliphatic heterocycles. The van der Waals surface area contributed by atoms with Crippen LogP contribution < -0.4 is 10.5 Å². The number of allylic oxidation sites excluding steroid dienone is 2. The maximum absolute atomic E-state index is 11.8. The molecular formula is C32H38N2O4S. The fourth-order valence-corrected chi connectivity index (χ4v) is 4.62. The molecule has 1 aliphatic carbocycles. The first-order valence-electron chi connectivity index (χ1n) is 13.3. The Kier molecular flexibility index (Phi) is 12.1. The molecule has 1 aliphatic rings. The number of aldehydes is 1. The first-order chi connectivity index (χ1) is 18.9. The van der Waals surface area contributed by atoms with Crippen molar-refractivity contribution in [2.75, 3.05) is 6.61 Å². The highest BCUT2D eigenvalue weighted by atomic mass is 32.1. The fourth-order valence-electron chi connectivity index (χ4n) is 3.84. The van der Waals surface area contributed by atoms with Gasteiger partial charge in [-0.2, -0.15) is 0 Å². The van der Waals surface area contributed by atoms with E-state index in [4.69, 9.17) is 15.2 Å². The van der Waals surface area contributed by atoms with Crippen molar-refractivity contribution >= 4 is 29.7 Å². The van der Waals surface area contributed by atoms with Crippen molar-refractivity contribution < 1.29 is 19.1 Å². The van der Waals surface area contributed by atoms with Crippen molar-refractivity contribution in [3.05, 3.63) is 99.0 Å². The Bertz CT molecular complexity index is 1240. The molecule has 0 amide bonds. The quantitative estimate of drug-likeness (QED) is 0.122. The van der Waals surface area contributed by atoms with E-state index in [1.54, 1.807) is 31.3 Å². The first-order valence-corrected chi connectivity index (χ1v) is 14.2. The molecule has 0 bridgehead atoms. The molecule has 39 heavy (non-hydrogen) atoms. The minimum atomic E-state index is -0.303. The Morgan fingerprint density at radius 3 is 2.41 bits per heavy atom. The zero-order chi connectivity index (χ0) is 28.0. The smallest absolute Gasteiger partial charge is 0.333 e. The zero-order valence-electron chi connectivity index (χ0n) is 23.0. The second-order valence-corrected chi connectivity index (χ2v) is 10.5. The van der Waals surface area contributed by atoms with E-state index in [0.29, 0.717) is 31.1 Å². The van der Waals surface area contributed by atoms with Gasteiger partial charge in [0.15, 0.2) is 0 Å². The van der Waals surface area contributed by atoms with Gasteiger partial charge >= 0.3 is 5.97 Å². The molecule has 1 unspecified atom stereocenters. The van der Waals surface area contributed by atoms with Gasteiger partial charge in [0.05, 0.1) is 18.3 Å². The van der Waals surface area contributed by atoms with Crippen molar-refractivity contribution in [2.45, 2.75) is 59.1 Å². The van der Waals surface area contributed by atoms with Crippen LogP contribution in [0.5, 0.6) is 5.75 Å². The Labute approximate surface area is 235 Å². The molecular weight excluding hydrogens is 508 g/mol. The molecule has 0 spiro atoms. The monoisotopic (exact) mass is 546 g/mol. The van der Waals surface area contributed by atoms with Gasteiger partial charge in [-0.3, -0.25) is 0 Å². The minimum absolute atomic E-state index is 0.189. The van der Waals surface area contributed by atoms with Gasteiger partial charge in [0.25, 0.3) is 0 Å². The van der Waals surface area contributed by atoms with Crippen LogP contribution in [0.2, 0.25) is 0 Å². The number of aromatic nitrogens is 1. The van der Waals surface area contributed by atoms with Gasteiger partial charge in [-0.25, -0.2) is 9.78 Å². The highest BCUT2D eigenvalue weighted by molar-refractivity contribution is 7.09. The highest BCUT2D eigenvalue weighted by Gasteiger charge is 2.15. The number of esters is 1. The third-order valence-corrected chi connectivity index (χ3v) is 7.24. The summed E-state index contributed by atoms with van der Waals surface area (Å²) in [6.45, 7) is 6.38. The van der Waals surface area contributed by atoms with Crippen LogP contribution in [0, 0.1) is 5.92 Å². The Balaban J connectivity index is 0.000000617. The van der Waals surface area contributed by atoms with Crippen LogP contribution in [0.4, 0.5) is 0 Å². The molecule has 1 saturated carbocycles. The van der Waals surface area contributed by atoms with Crippen molar-refractivity contribution in [2.24, 2.45) is 11.7 Å². The summed E-state index contributed by atoms with van der Waals surface area (Å²) in [6, 6.07) is 17.9. The van der Waals surface area contributed by atoms with Gasteiger partial charge in [0, 0.05) is 16.9 Å². The van der Waals surface area contributed by atoms with Crippen molar-refractivity contribution in [3.8, 4) is 5.75 Å². The second-order valence-electron chi connectivity index (χ2n) is 9.60. The molecule has 0 radical (unpaired) electrons. The molecule has 206 valence electrons. The third kappa shape index (κ3) is 10.3. The van der Waals surface area contributed by atoms with Crippen molar-refractivity contribution in [3.63, 3.8) is 0 Å². The Hall–Kier alpha value is -3.55. The maximum Gasteiger partial charge on any atom is 0.333 e. The van der Waals surface area contributed by atoms with Crippen molar-refractivity contribution in [1.82, 2.24) is 4.98 Å².